The van der Waals surface area contributed by atoms with E-state index in [2.05, 4.69) is 0 Å². The molecule has 1 N–H and O–H groups in total. The summed E-state index contributed by atoms with van der Waals surface area (Å²) < 4.78 is 18.7. The van der Waals surface area contributed by atoms with Gasteiger partial charge >= 0.3 is 0 Å². The molecule has 1 aliphatic rings. The molecular weight excluding hydrogens is 409 g/mol. The van der Waals surface area contributed by atoms with Crippen molar-refractivity contribution in [3.05, 3.63) is 106 Å². The third-order valence-corrected chi connectivity index (χ3v) is 5.53. The Balaban J connectivity index is 1.88. The lowest BCUT2D eigenvalue weighted by Crippen LogP contribution is -2.29. The zero-order valence-corrected chi connectivity index (χ0v) is 17.7. The Morgan fingerprint density at radius 3 is 2.38 bits per heavy atom. The van der Waals surface area contributed by atoms with Crippen molar-refractivity contribution in [1.29, 1.82) is 0 Å². The summed E-state index contributed by atoms with van der Waals surface area (Å²) in [7, 11) is 1.48. The minimum atomic E-state index is -0.800. The van der Waals surface area contributed by atoms with E-state index >= 15 is 0 Å². The lowest BCUT2D eigenvalue weighted by Gasteiger charge is -2.25. The number of carbonyl (C=O) groups is 2. The summed E-state index contributed by atoms with van der Waals surface area (Å²) in [5, 5.41) is 11.2. The number of amides is 1. The molecule has 1 heterocycles. The number of halogens is 1. The van der Waals surface area contributed by atoms with Gasteiger partial charge in [0.1, 0.15) is 17.3 Å². The van der Waals surface area contributed by atoms with Crippen molar-refractivity contribution >= 4 is 17.4 Å². The first-order valence-corrected chi connectivity index (χ1v) is 10.1. The largest absolute Gasteiger partial charge is 0.507 e. The van der Waals surface area contributed by atoms with Crippen molar-refractivity contribution in [3.63, 3.8) is 0 Å². The molecule has 4 rings (SSSR count). The molecule has 1 fully saturated rings. The van der Waals surface area contributed by atoms with Crippen LogP contribution in [0.2, 0.25) is 0 Å². The number of likely N-dealkylation sites (tertiary alicyclic amines) is 1. The van der Waals surface area contributed by atoms with E-state index in [1.165, 1.54) is 24.1 Å². The Kier molecular flexibility index (Phi) is 5.77. The van der Waals surface area contributed by atoms with Crippen LogP contribution >= 0.6 is 0 Å². The zero-order valence-electron chi connectivity index (χ0n) is 17.7. The van der Waals surface area contributed by atoms with Gasteiger partial charge in [-0.3, -0.25) is 9.59 Å². The fraction of sp³-hybridized carbons (Fsp3) is 0.154. The summed E-state index contributed by atoms with van der Waals surface area (Å²) in [4.78, 5) is 27.6. The highest BCUT2D eigenvalue weighted by Gasteiger charge is 2.46. The van der Waals surface area contributed by atoms with Gasteiger partial charge in [-0.2, -0.15) is 0 Å². The average molecular weight is 431 g/mol. The van der Waals surface area contributed by atoms with Gasteiger partial charge in [0, 0.05) is 6.54 Å². The molecular formula is C26H22FNO4. The predicted molar refractivity (Wildman–Crippen MR) is 118 cm³/mol. The minimum Gasteiger partial charge on any atom is -0.507 e. The van der Waals surface area contributed by atoms with E-state index in [-0.39, 0.29) is 23.7 Å². The van der Waals surface area contributed by atoms with E-state index < -0.39 is 17.7 Å². The Bertz CT molecular complexity index is 1200. The molecule has 1 atom stereocenters. The highest BCUT2D eigenvalue weighted by atomic mass is 19.1. The van der Waals surface area contributed by atoms with E-state index in [4.69, 9.17) is 4.74 Å². The van der Waals surface area contributed by atoms with Gasteiger partial charge in [0.15, 0.2) is 0 Å². The SMILES string of the molecule is COc1ccc(C)cc1/C(O)=C1\C(=O)C(=O)N(Cc2ccc(F)cc2)C1c1ccccc1. The topological polar surface area (TPSA) is 66.8 Å². The second kappa shape index (κ2) is 8.67. The van der Waals surface area contributed by atoms with Crippen molar-refractivity contribution in [2.45, 2.75) is 19.5 Å². The molecule has 1 saturated heterocycles. The molecule has 0 spiro atoms. The quantitative estimate of drug-likeness (QED) is 0.359. The molecule has 0 bridgehead atoms. The molecule has 1 unspecified atom stereocenters. The van der Waals surface area contributed by atoms with E-state index in [0.717, 1.165) is 5.56 Å². The summed E-state index contributed by atoms with van der Waals surface area (Å²) >= 11 is 0. The van der Waals surface area contributed by atoms with Crippen LogP contribution in [0.5, 0.6) is 5.75 Å². The molecule has 6 heteroatoms. The van der Waals surface area contributed by atoms with Gasteiger partial charge in [-0.05, 0) is 42.3 Å². The molecule has 1 amide bonds. The van der Waals surface area contributed by atoms with Crippen molar-refractivity contribution < 1.29 is 23.8 Å². The van der Waals surface area contributed by atoms with Crippen LogP contribution in [0.15, 0.2) is 78.4 Å². The first-order valence-electron chi connectivity index (χ1n) is 10.1. The second-order valence-corrected chi connectivity index (χ2v) is 7.67. The number of carbonyl (C=O) groups excluding carboxylic acids is 2. The van der Waals surface area contributed by atoms with Crippen molar-refractivity contribution in [2.75, 3.05) is 7.11 Å². The molecule has 3 aromatic rings. The Labute approximate surface area is 185 Å². The third-order valence-electron chi connectivity index (χ3n) is 5.53. The molecule has 0 aromatic heterocycles. The molecule has 1 aliphatic heterocycles. The molecule has 5 nitrogen and oxygen atoms in total. The van der Waals surface area contributed by atoms with Gasteiger partial charge in [0.25, 0.3) is 11.7 Å². The Morgan fingerprint density at radius 2 is 1.72 bits per heavy atom. The fourth-order valence-corrected chi connectivity index (χ4v) is 3.96. The van der Waals surface area contributed by atoms with E-state index in [1.807, 2.05) is 19.1 Å². The summed E-state index contributed by atoms with van der Waals surface area (Å²) in [6.45, 7) is 1.95. The molecule has 162 valence electrons. The summed E-state index contributed by atoms with van der Waals surface area (Å²) in [5.74, 6) is -1.79. The van der Waals surface area contributed by atoms with Gasteiger partial charge in [0.2, 0.25) is 0 Å². The van der Waals surface area contributed by atoms with Crippen LogP contribution in [-0.4, -0.2) is 28.8 Å². The maximum absolute atomic E-state index is 13.4. The molecule has 0 aliphatic carbocycles. The third kappa shape index (κ3) is 3.87. The first-order chi connectivity index (χ1) is 15.4. The number of ether oxygens (including phenoxy) is 1. The summed E-state index contributed by atoms with van der Waals surface area (Å²) in [6, 6.07) is 19.2. The summed E-state index contributed by atoms with van der Waals surface area (Å²) in [6.07, 6.45) is 0. The number of aryl methyl sites for hydroxylation is 1. The number of aliphatic hydroxyl groups is 1. The Morgan fingerprint density at radius 1 is 1.03 bits per heavy atom. The standard InChI is InChI=1S/C26H22FNO4/c1-16-8-13-21(32-2)20(14-16)24(29)22-23(18-6-4-3-5-7-18)28(26(31)25(22)30)15-17-9-11-19(27)12-10-17/h3-14,23,29H,15H2,1-2H3/b24-22+. The van der Waals surface area contributed by atoms with Crippen LogP contribution in [0, 0.1) is 12.7 Å². The highest BCUT2D eigenvalue weighted by Crippen LogP contribution is 2.41. The molecule has 32 heavy (non-hydrogen) atoms. The van der Waals surface area contributed by atoms with Gasteiger partial charge in [0.05, 0.1) is 24.3 Å². The number of methoxy groups -OCH3 is 1. The number of hydrogen-bond acceptors (Lipinski definition) is 4. The lowest BCUT2D eigenvalue weighted by atomic mass is 9.94. The maximum atomic E-state index is 13.4. The van der Waals surface area contributed by atoms with E-state index in [1.54, 1.807) is 48.5 Å². The monoisotopic (exact) mass is 431 g/mol. The van der Waals surface area contributed by atoms with Crippen LogP contribution in [-0.2, 0) is 16.1 Å². The maximum Gasteiger partial charge on any atom is 0.295 e. The number of benzene rings is 3. The fourth-order valence-electron chi connectivity index (χ4n) is 3.96. The van der Waals surface area contributed by atoms with Crippen LogP contribution in [0.3, 0.4) is 0 Å². The van der Waals surface area contributed by atoms with Crippen LogP contribution in [0.4, 0.5) is 4.39 Å². The average Bonchev–Trinajstić information content (AvgIpc) is 3.05. The summed E-state index contributed by atoms with van der Waals surface area (Å²) in [5.41, 5.74) is 2.55. The smallest absolute Gasteiger partial charge is 0.295 e. The number of ketones is 1. The number of aliphatic hydroxyl groups excluding tert-OH is 1. The van der Waals surface area contributed by atoms with Gasteiger partial charge in [-0.25, -0.2) is 4.39 Å². The molecule has 3 aromatic carbocycles. The van der Waals surface area contributed by atoms with Crippen molar-refractivity contribution in [1.82, 2.24) is 4.90 Å². The highest BCUT2D eigenvalue weighted by molar-refractivity contribution is 6.46. The molecule has 0 saturated carbocycles. The zero-order chi connectivity index (χ0) is 22.8. The van der Waals surface area contributed by atoms with Gasteiger partial charge in [-0.15, -0.1) is 0 Å². The lowest BCUT2D eigenvalue weighted by molar-refractivity contribution is -0.140. The minimum absolute atomic E-state index is 0.00721. The van der Waals surface area contributed by atoms with Crippen LogP contribution < -0.4 is 4.74 Å². The van der Waals surface area contributed by atoms with Crippen molar-refractivity contribution in [3.8, 4) is 5.75 Å². The van der Waals surface area contributed by atoms with Gasteiger partial charge in [-0.1, -0.05) is 54.1 Å². The number of hydrogen-bond donors (Lipinski definition) is 1. The molecule has 0 radical (unpaired) electrons. The predicted octanol–water partition coefficient (Wildman–Crippen LogP) is 4.76. The van der Waals surface area contributed by atoms with E-state index in [9.17, 15) is 19.1 Å². The number of nitrogens with zero attached hydrogens (tertiary/aromatic N) is 1. The van der Waals surface area contributed by atoms with Crippen molar-refractivity contribution in [2.24, 2.45) is 0 Å². The van der Waals surface area contributed by atoms with Crippen LogP contribution in [0.25, 0.3) is 5.76 Å². The normalized spacial score (nSPS) is 17.6. The number of rotatable bonds is 5. The second-order valence-electron chi connectivity index (χ2n) is 7.67. The first kappa shape index (κ1) is 21.3. The Hall–Kier alpha value is -3.93. The van der Waals surface area contributed by atoms with Gasteiger partial charge < -0.3 is 14.7 Å². The van der Waals surface area contributed by atoms with Crippen LogP contribution in [0.1, 0.15) is 28.3 Å². The van der Waals surface area contributed by atoms with E-state index in [0.29, 0.717) is 22.4 Å². The number of Topliss-reactive ketones (excluding diaryl/α,β-unsaturated/α-hetero) is 1.